The van der Waals surface area contributed by atoms with Crippen molar-refractivity contribution >= 4 is 17.5 Å². The van der Waals surface area contributed by atoms with Gasteiger partial charge in [-0.05, 0) is 35.9 Å². The summed E-state index contributed by atoms with van der Waals surface area (Å²) < 4.78 is 28.0. The summed E-state index contributed by atoms with van der Waals surface area (Å²) in [5.41, 5.74) is 1.91. The topological polar surface area (TPSA) is 61.4 Å². The number of nitrogens with one attached hydrogen (secondary N) is 2. The number of anilines is 1. The van der Waals surface area contributed by atoms with Crippen molar-refractivity contribution in [2.45, 2.75) is 13.1 Å². The van der Waals surface area contributed by atoms with Crippen LogP contribution < -0.4 is 10.6 Å². The van der Waals surface area contributed by atoms with E-state index in [1.165, 1.54) is 24.3 Å². The molecule has 0 bridgehead atoms. The van der Waals surface area contributed by atoms with Gasteiger partial charge in [-0.2, -0.15) is 0 Å². The Bertz CT molecular complexity index is 1050. The van der Waals surface area contributed by atoms with Gasteiger partial charge >= 0.3 is 0 Å². The summed E-state index contributed by atoms with van der Waals surface area (Å²) >= 11 is 0. The summed E-state index contributed by atoms with van der Waals surface area (Å²) in [7, 11) is 1.56. The minimum atomic E-state index is -0.527. The number of rotatable bonds is 8. The first-order valence-electron chi connectivity index (χ1n) is 9.77. The largest absolute Gasteiger partial charge is 0.355 e. The molecular weight excluding hydrogens is 400 g/mol. The molecule has 0 radical (unpaired) electrons. The molecular formula is C24H23F2N3O2. The van der Waals surface area contributed by atoms with Crippen molar-refractivity contribution < 1.29 is 18.4 Å². The van der Waals surface area contributed by atoms with E-state index < -0.39 is 11.7 Å². The molecule has 0 heterocycles. The monoisotopic (exact) mass is 423 g/mol. The van der Waals surface area contributed by atoms with E-state index in [-0.39, 0.29) is 30.5 Å². The van der Waals surface area contributed by atoms with Crippen molar-refractivity contribution in [3.05, 3.63) is 101 Å². The fourth-order valence-corrected chi connectivity index (χ4v) is 3.15. The molecule has 0 aliphatic rings. The van der Waals surface area contributed by atoms with E-state index in [0.717, 1.165) is 5.56 Å². The summed E-state index contributed by atoms with van der Waals surface area (Å²) in [6.45, 7) is 0.460. The van der Waals surface area contributed by atoms with E-state index in [1.54, 1.807) is 60.5 Å². The van der Waals surface area contributed by atoms with Crippen molar-refractivity contribution in [3.63, 3.8) is 0 Å². The van der Waals surface area contributed by atoms with Crippen molar-refractivity contribution in [3.8, 4) is 0 Å². The number of benzene rings is 3. The Morgan fingerprint density at radius 3 is 2.13 bits per heavy atom. The zero-order valence-corrected chi connectivity index (χ0v) is 17.1. The van der Waals surface area contributed by atoms with Crippen LogP contribution in [0.5, 0.6) is 0 Å². The molecule has 3 aromatic carbocycles. The summed E-state index contributed by atoms with van der Waals surface area (Å²) in [5.74, 6) is -1.50. The van der Waals surface area contributed by atoms with Crippen LogP contribution in [0.1, 0.15) is 21.5 Å². The van der Waals surface area contributed by atoms with Gasteiger partial charge in [-0.1, -0.05) is 42.5 Å². The van der Waals surface area contributed by atoms with E-state index in [0.29, 0.717) is 17.7 Å². The van der Waals surface area contributed by atoms with Crippen LogP contribution in [-0.4, -0.2) is 30.3 Å². The second-order valence-electron chi connectivity index (χ2n) is 7.04. The molecule has 0 saturated carbocycles. The third-order valence-corrected chi connectivity index (χ3v) is 4.72. The molecule has 0 fully saturated rings. The zero-order chi connectivity index (χ0) is 22.2. The summed E-state index contributed by atoms with van der Waals surface area (Å²) in [4.78, 5) is 26.0. The lowest BCUT2D eigenvalue weighted by Crippen LogP contribution is -2.33. The number of carbonyl (C=O) groups excluding carboxylic acids is 2. The van der Waals surface area contributed by atoms with Gasteiger partial charge < -0.3 is 10.6 Å². The Balaban J connectivity index is 1.75. The number of hydrogen-bond acceptors (Lipinski definition) is 3. The predicted octanol–water partition coefficient (Wildman–Crippen LogP) is 3.97. The van der Waals surface area contributed by atoms with Crippen LogP contribution in [-0.2, 0) is 17.9 Å². The van der Waals surface area contributed by atoms with E-state index in [2.05, 4.69) is 10.6 Å². The minimum Gasteiger partial charge on any atom is -0.355 e. The lowest BCUT2D eigenvalue weighted by atomic mass is 10.1. The van der Waals surface area contributed by atoms with Crippen LogP contribution in [0, 0.1) is 11.6 Å². The van der Waals surface area contributed by atoms with Crippen LogP contribution in [0.3, 0.4) is 0 Å². The SMILES string of the molecule is CNC(=O)c1ccc(CN(CC(=O)Nc2ccccc2F)Cc2ccccc2F)cc1. The molecule has 2 N–H and O–H groups in total. The molecule has 7 heteroatoms. The Morgan fingerprint density at radius 2 is 1.48 bits per heavy atom. The molecule has 0 unspecified atom stereocenters. The zero-order valence-electron chi connectivity index (χ0n) is 17.1. The van der Waals surface area contributed by atoms with E-state index in [4.69, 9.17) is 0 Å². The van der Waals surface area contributed by atoms with Crippen molar-refractivity contribution in [2.24, 2.45) is 0 Å². The van der Waals surface area contributed by atoms with Crippen molar-refractivity contribution in [1.82, 2.24) is 10.2 Å². The van der Waals surface area contributed by atoms with Gasteiger partial charge in [0.25, 0.3) is 5.91 Å². The normalized spacial score (nSPS) is 10.7. The molecule has 3 aromatic rings. The molecule has 0 aliphatic heterocycles. The van der Waals surface area contributed by atoms with E-state index >= 15 is 0 Å². The average Bonchev–Trinajstić information content (AvgIpc) is 2.77. The highest BCUT2D eigenvalue weighted by Gasteiger charge is 2.16. The van der Waals surface area contributed by atoms with Gasteiger partial charge in [-0.3, -0.25) is 14.5 Å². The van der Waals surface area contributed by atoms with Gasteiger partial charge in [-0.25, -0.2) is 8.78 Å². The van der Waals surface area contributed by atoms with Gasteiger partial charge in [0.1, 0.15) is 11.6 Å². The van der Waals surface area contributed by atoms with Gasteiger partial charge in [0.2, 0.25) is 5.91 Å². The molecule has 5 nitrogen and oxygen atoms in total. The fourth-order valence-electron chi connectivity index (χ4n) is 3.15. The molecule has 2 amide bonds. The molecule has 0 spiro atoms. The van der Waals surface area contributed by atoms with Crippen LogP contribution in [0.15, 0.2) is 72.8 Å². The minimum absolute atomic E-state index is 0.0696. The van der Waals surface area contributed by atoms with Gasteiger partial charge in [0, 0.05) is 31.3 Å². The van der Waals surface area contributed by atoms with E-state index in [1.807, 2.05) is 0 Å². The fraction of sp³-hybridized carbons (Fsp3) is 0.167. The third-order valence-electron chi connectivity index (χ3n) is 4.72. The van der Waals surface area contributed by atoms with Crippen LogP contribution in [0.25, 0.3) is 0 Å². The highest BCUT2D eigenvalue weighted by molar-refractivity contribution is 5.94. The molecule has 0 aliphatic carbocycles. The number of hydrogen-bond donors (Lipinski definition) is 2. The first-order chi connectivity index (χ1) is 15.0. The number of halogens is 2. The summed E-state index contributed by atoms with van der Waals surface area (Å²) in [5, 5.41) is 5.12. The maximum absolute atomic E-state index is 14.2. The number of para-hydroxylation sites is 1. The second kappa shape index (κ2) is 10.4. The number of amides is 2. The standard InChI is InChI=1S/C24H23F2N3O2/c1-27-24(31)18-12-10-17(11-13-18)14-29(15-19-6-2-3-7-20(19)25)16-23(30)28-22-9-5-4-8-21(22)26/h2-13H,14-16H2,1H3,(H,27,31)(H,28,30). The lowest BCUT2D eigenvalue weighted by Gasteiger charge is -2.22. The number of carbonyl (C=O) groups is 2. The predicted molar refractivity (Wildman–Crippen MR) is 115 cm³/mol. The summed E-state index contributed by atoms with van der Waals surface area (Å²) in [6.07, 6.45) is 0. The highest BCUT2D eigenvalue weighted by atomic mass is 19.1. The Morgan fingerprint density at radius 1 is 0.839 bits per heavy atom. The Kier molecular flexibility index (Phi) is 7.45. The van der Waals surface area contributed by atoms with Crippen molar-refractivity contribution in [1.29, 1.82) is 0 Å². The Labute approximate surface area is 179 Å². The average molecular weight is 423 g/mol. The molecule has 160 valence electrons. The second-order valence-corrected chi connectivity index (χ2v) is 7.04. The van der Waals surface area contributed by atoms with Crippen molar-refractivity contribution in [2.75, 3.05) is 18.9 Å². The third kappa shape index (κ3) is 6.20. The number of nitrogens with zero attached hydrogens (tertiary/aromatic N) is 1. The highest BCUT2D eigenvalue weighted by Crippen LogP contribution is 2.16. The van der Waals surface area contributed by atoms with Gasteiger partial charge in [-0.15, -0.1) is 0 Å². The first kappa shape index (κ1) is 22.1. The molecule has 3 rings (SSSR count). The Hall–Kier alpha value is -3.58. The maximum Gasteiger partial charge on any atom is 0.251 e. The molecule has 0 aromatic heterocycles. The van der Waals surface area contributed by atoms with Crippen LogP contribution in [0.2, 0.25) is 0 Å². The smallest absolute Gasteiger partial charge is 0.251 e. The maximum atomic E-state index is 14.2. The summed E-state index contributed by atoms with van der Waals surface area (Å²) in [6, 6.07) is 19.2. The first-order valence-corrected chi connectivity index (χ1v) is 9.77. The lowest BCUT2D eigenvalue weighted by molar-refractivity contribution is -0.117. The van der Waals surface area contributed by atoms with Crippen LogP contribution >= 0.6 is 0 Å². The van der Waals surface area contributed by atoms with Gasteiger partial charge in [0.15, 0.2) is 0 Å². The van der Waals surface area contributed by atoms with Gasteiger partial charge in [0.05, 0.1) is 12.2 Å². The molecule has 0 atom stereocenters. The van der Waals surface area contributed by atoms with Crippen LogP contribution in [0.4, 0.5) is 14.5 Å². The molecule has 0 saturated heterocycles. The molecule has 31 heavy (non-hydrogen) atoms. The quantitative estimate of drug-likeness (QED) is 0.577. The van der Waals surface area contributed by atoms with E-state index in [9.17, 15) is 18.4 Å².